The molecule has 1 N–H and O–H groups in total. The number of pyridine rings is 1. The van der Waals surface area contributed by atoms with Crippen LogP contribution in [0.25, 0.3) is 11.0 Å². The number of anilines is 1. The van der Waals surface area contributed by atoms with Gasteiger partial charge >= 0.3 is 0 Å². The van der Waals surface area contributed by atoms with E-state index in [1.165, 1.54) is 0 Å². The predicted molar refractivity (Wildman–Crippen MR) is 103 cm³/mol. The molecule has 8 heteroatoms. The highest BCUT2D eigenvalue weighted by atomic mass is 32.2. The first-order valence-corrected chi connectivity index (χ1v) is 10.6. The average molecular weight is 383 g/mol. The Morgan fingerprint density at radius 3 is 2.48 bits per heavy atom. The molecule has 3 aromatic rings. The molecule has 2 aliphatic rings. The van der Waals surface area contributed by atoms with Crippen LogP contribution in [0.15, 0.2) is 47.5 Å². The van der Waals surface area contributed by atoms with Crippen molar-refractivity contribution in [3.8, 4) is 0 Å². The lowest BCUT2D eigenvalue weighted by molar-refractivity contribution is 0.463. The zero-order valence-electron chi connectivity index (χ0n) is 15.0. The van der Waals surface area contributed by atoms with Gasteiger partial charge in [-0.15, -0.1) is 9.19 Å². The Hall–Kier alpha value is -2.45. The van der Waals surface area contributed by atoms with Gasteiger partial charge in [-0.1, -0.05) is 17.7 Å². The van der Waals surface area contributed by atoms with E-state index in [1.54, 1.807) is 42.6 Å². The molecule has 0 saturated carbocycles. The summed E-state index contributed by atoms with van der Waals surface area (Å²) in [6.45, 7) is 3.58. The second-order valence-electron chi connectivity index (χ2n) is 7.40. The van der Waals surface area contributed by atoms with E-state index >= 15 is 0 Å². The number of nitrogens with zero attached hydrogens (tertiary/aromatic N) is 4. The van der Waals surface area contributed by atoms with Crippen LogP contribution < -0.4 is 10.2 Å². The number of aromatic nitrogens is 3. The Balaban J connectivity index is 1.64. The van der Waals surface area contributed by atoms with E-state index in [0.29, 0.717) is 28.9 Å². The molecule has 0 spiro atoms. The molecule has 7 nitrogen and oxygen atoms in total. The van der Waals surface area contributed by atoms with E-state index in [9.17, 15) is 8.42 Å². The van der Waals surface area contributed by atoms with Crippen molar-refractivity contribution < 1.29 is 8.42 Å². The maximum absolute atomic E-state index is 13.2. The van der Waals surface area contributed by atoms with E-state index in [4.69, 9.17) is 0 Å². The lowest BCUT2D eigenvalue weighted by Gasteiger charge is -2.32. The second-order valence-corrected chi connectivity index (χ2v) is 9.17. The van der Waals surface area contributed by atoms with Crippen LogP contribution in [0, 0.1) is 6.92 Å². The van der Waals surface area contributed by atoms with Gasteiger partial charge in [0.25, 0.3) is 10.0 Å². The predicted octanol–water partition coefficient (Wildman–Crippen LogP) is 1.92. The first kappa shape index (κ1) is 16.7. The van der Waals surface area contributed by atoms with E-state index in [0.717, 1.165) is 35.6 Å². The summed E-state index contributed by atoms with van der Waals surface area (Å²) >= 11 is 0. The minimum absolute atomic E-state index is 0.230. The summed E-state index contributed by atoms with van der Waals surface area (Å²) in [4.78, 5) is 6.86. The maximum atomic E-state index is 13.2. The highest BCUT2D eigenvalue weighted by Gasteiger charge is 2.35. The number of hydrogen-bond donors (Lipinski definition) is 1. The highest BCUT2D eigenvalue weighted by molar-refractivity contribution is 7.90. The van der Waals surface area contributed by atoms with Gasteiger partial charge in [-0.05, 0) is 44.0 Å². The van der Waals surface area contributed by atoms with Gasteiger partial charge in [-0.3, -0.25) is 4.98 Å². The molecule has 2 atom stereocenters. The third kappa shape index (κ3) is 2.71. The lowest BCUT2D eigenvalue weighted by Crippen LogP contribution is -2.51. The normalized spacial score (nSPS) is 22.5. The van der Waals surface area contributed by atoms with Crippen LogP contribution in [0.4, 0.5) is 5.82 Å². The molecule has 0 aliphatic carbocycles. The SMILES string of the molecule is Cc1ccc(S(=O)(=O)n2nc(N3CC4CCC(C3)N4)c3ncccc32)cc1. The number of hydrogen-bond acceptors (Lipinski definition) is 6. The molecule has 2 unspecified atom stereocenters. The van der Waals surface area contributed by atoms with Crippen molar-refractivity contribution in [3.63, 3.8) is 0 Å². The van der Waals surface area contributed by atoms with Crippen LogP contribution in [0.1, 0.15) is 18.4 Å². The van der Waals surface area contributed by atoms with Gasteiger partial charge in [-0.2, -0.15) is 8.42 Å². The summed E-state index contributed by atoms with van der Waals surface area (Å²) in [6.07, 6.45) is 3.98. The lowest BCUT2D eigenvalue weighted by atomic mass is 10.2. The van der Waals surface area contributed by atoms with Gasteiger partial charge in [0, 0.05) is 31.4 Å². The molecule has 140 valence electrons. The molecule has 2 aromatic heterocycles. The molecular formula is C19H21N5O2S. The highest BCUT2D eigenvalue weighted by Crippen LogP contribution is 2.31. The minimum Gasteiger partial charge on any atom is -0.350 e. The van der Waals surface area contributed by atoms with Gasteiger partial charge in [0.05, 0.1) is 4.90 Å². The minimum atomic E-state index is -3.79. The maximum Gasteiger partial charge on any atom is 0.283 e. The monoisotopic (exact) mass is 383 g/mol. The number of fused-ring (bicyclic) bond motifs is 3. The van der Waals surface area contributed by atoms with Gasteiger partial charge in [0.1, 0.15) is 11.0 Å². The molecule has 27 heavy (non-hydrogen) atoms. The molecule has 2 aliphatic heterocycles. The molecule has 2 bridgehead atoms. The van der Waals surface area contributed by atoms with Crippen molar-refractivity contribution in [2.24, 2.45) is 0 Å². The number of benzene rings is 1. The van der Waals surface area contributed by atoms with Crippen molar-refractivity contribution in [1.29, 1.82) is 0 Å². The Morgan fingerprint density at radius 1 is 1.07 bits per heavy atom. The summed E-state index contributed by atoms with van der Waals surface area (Å²) in [5.41, 5.74) is 2.16. The van der Waals surface area contributed by atoms with E-state index in [1.807, 2.05) is 6.92 Å². The van der Waals surface area contributed by atoms with Gasteiger partial charge in [-0.25, -0.2) is 0 Å². The zero-order valence-corrected chi connectivity index (χ0v) is 15.9. The first-order chi connectivity index (χ1) is 13.0. The Morgan fingerprint density at radius 2 is 1.78 bits per heavy atom. The van der Waals surface area contributed by atoms with Crippen LogP contribution in [0.2, 0.25) is 0 Å². The van der Waals surface area contributed by atoms with E-state index < -0.39 is 10.0 Å². The second kappa shape index (κ2) is 6.03. The molecule has 1 aromatic carbocycles. The molecule has 2 saturated heterocycles. The van der Waals surface area contributed by atoms with Crippen LogP contribution in [0.3, 0.4) is 0 Å². The molecule has 2 fully saturated rings. The third-order valence-corrected chi connectivity index (χ3v) is 7.05. The van der Waals surface area contributed by atoms with Crippen molar-refractivity contribution in [2.75, 3.05) is 18.0 Å². The van der Waals surface area contributed by atoms with Crippen molar-refractivity contribution >= 4 is 26.9 Å². The van der Waals surface area contributed by atoms with Crippen LogP contribution >= 0.6 is 0 Å². The molecular weight excluding hydrogens is 362 g/mol. The van der Waals surface area contributed by atoms with Crippen LogP contribution in [-0.2, 0) is 10.0 Å². The summed E-state index contributed by atoms with van der Waals surface area (Å²) in [6, 6.07) is 11.2. The molecule has 5 rings (SSSR count). The standard InChI is InChI=1S/C19H21N5O2S/c1-13-4-8-16(9-5-13)27(25,26)24-17-3-2-10-20-18(17)19(22-24)23-11-14-6-7-15(12-23)21-14/h2-5,8-10,14-15,21H,6-7,11-12H2,1H3. The van der Waals surface area contributed by atoms with Crippen molar-refractivity contribution in [2.45, 2.75) is 36.7 Å². The van der Waals surface area contributed by atoms with Gasteiger partial charge in [0.2, 0.25) is 0 Å². The summed E-state index contributed by atoms with van der Waals surface area (Å²) < 4.78 is 27.6. The fourth-order valence-corrected chi connectivity index (χ4v) is 5.36. The van der Waals surface area contributed by atoms with E-state index in [2.05, 4.69) is 20.3 Å². The fourth-order valence-electron chi connectivity index (χ4n) is 4.09. The quantitative estimate of drug-likeness (QED) is 0.744. The largest absolute Gasteiger partial charge is 0.350 e. The third-order valence-electron chi connectivity index (χ3n) is 5.45. The number of aryl methyl sites for hydroxylation is 1. The molecule has 0 amide bonds. The Bertz CT molecular complexity index is 1090. The van der Waals surface area contributed by atoms with Crippen molar-refractivity contribution in [1.82, 2.24) is 19.5 Å². The zero-order chi connectivity index (χ0) is 18.6. The fraction of sp³-hybridized carbons (Fsp3) is 0.368. The first-order valence-electron chi connectivity index (χ1n) is 9.19. The van der Waals surface area contributed by atoms with E-state index in [-0.39, 0.29) is 4.90 Å². The summed E-state index contributed by atoms with van der Waals surface area (Å²) in [7, 11) is -3.79. The molecule has 0 radical (unpaired) electrons. The average Bonchev–Trinajstić information content (AvgIpc) is 3.22. The molecule has 4 heterocycles. The van der Waals surface area contributed by atoms with Crippen LogP contribution in [-0.4, -0.2) is 47.8 Å². The Labute approximate surface area is 158 Å². The van der Waals surface area contributed by atoms with Crippen molar-refractivity contribution in [3.05, 3.63) is 48.2 Å². The van der Waals surface area contributed by atoms with Gasteiger partial charge in [0.15, 0.2) is 5.82 Å². The number of rotatable bonds is 3. The summed E-state index contributed by atoms with van der Waals surface area (Å²) in [5.74, 6) is 0.652. The number of piperazine rings is 1. The summed E-state index contributed by atoms with van der Waals surface area (Å²) in [5, 5.41) is 8.14. The Kier molecular flexibility index (Phi) is 3.73. The number of nitrogens with one attached hydrogen (secondary N) is 1. The topological polar surface area (TPSA) is 80.1 Å². The van der Waals surface area contributed by atoms with Gasteiger partial charge < -0.3 is 10.2 Å². The smallest absolute Gasteiger partial charge is 0.283 e. The van der Waals surface area contributed by atoms with Crippen LogP contribution in [0.5, 0.6) is 0 Å².